The predicted molar refractivity (Wildman–Crippen MR) is 117 cm³/mol. The Hall–Kier alpha value is -2.49. The molecule has 0 fully saturated rings. The van der Waals surface area contributed by atoms with Gasteiger partial charge in [0.05, 0.1) is 17.5 Å². The van der Waals surface area contributed by atoms with Crippen molar-refractivity contribution in [1.82, 2.24) is 9.29 Å². The van der Waals surface area contributed by atoms with Crippen LogP contribution in [0.4, 0.5) is 0 Å². The van der Waals surface area contributed by atoms with Crippen LogP contribution in [0.25, 0.3) is 0 Å². The Morgan fingerprint density at radius 3 is 2.39 bits per heavy atom. The summed E-state index contributed by atoms with van der Waals surface area (Å²) in [4.78, 5) is 28.6. The van der Waals surface area contributed by atoms with Crippen molar-refractivity contribution >= 4 is 21.8 Å². The minimum absolute atomic E-state index is 0.113. The number of hydrogen-bond donors (Lipinski definition) is 1. The number of nitrogens with zero attached hydrogens (tertiary/aromatic N) is 1. The Morgan fingerprint density at radius 1 is 1.16 bits per heavy atom. The highest BCUT2D eigenvalue weighted by Crippen LogP contribution is 2.25. The molecule has 0 amide bonds. The molecule has 2 aromatic rings. The van der Waals surface area contributed by atoms with Crippen LogP contribution in [0.1, 0.15) is 52.4 Å². The van der Waals surface area contributed by atoms with Gasteiger partial charge in [-0.15, -0.1) is 0 Å². The molecular weight excluding hydrogens is 420 g/mol. The van der Waals surface area contributed by atoms with Gasteiger partial charge in [0.1, 0.15) is 5.69 Å². The Balaban J connectivity index is 2.44. The fourth-order valence-corrected chi connectivity index (χ4v) is 5.13. The number of sulfonamides is 1. The van der Waals surface area contributed by atoms with E-state index in [-0.39, 0.29) is 23.7 Å². The second-order valence-electron chi connectivity index (χ2n) is 7.16. The zero-order valence-corrected chi connectivity index (χ0v) is 19.4. The number of rotatable bonds is 11. The van der Waals surface area contributed by atoms with E-state index in [0.717, 1.165) is 0 Å². The van der Waals surface area contributed by atoms with Crippen LogP contribution in [-0.2, 0) is 19.5 Å². The number of esters is 1. The smallest absolute Gasteiger partial charge is 0.355 e. The van der Waals surface area contributed by atoms with E-state index >= 15 is 0 Å². The summed E-state index contributed by atoms with van der Waals surface area (Å²) in [5.41, 5.74) is 1.44. The normalized spacial score (nSPS) is 12.7. The molecule has 170 valence electrons. The highest BCUT2D eigenvalue weighted by Gasteiger charge is 2.35. The average Bonchev–Trinajstić information content (AvgIpc) is 3.05. The first-order valence-corrected chi connectivity index (χ1v) is 11.6. The molecule has 0 unspecified atom stereocenters. The number of aromatic amines is 1. The molecule has 0 saturated carbocycles. The number of H-pyrrole nitrogens is 1. The summed E-state index contributed by atoms with van der Waals surface area (Å²) in [6.45, 7) is 7.27. The average molecular weight is 451 g/mol. The number of aryl methyl sites for hydroxylation is 1. The first kappa shape index (κ1) is 24.8. The van der Waals surface area contributed by atoms with Crippen molar-refractivity contribution in [2.24, 2.45) is 0 Å². The van der Waals surface area contributed by atoms with Crippen LogP contribution in [-0.4, -0.2) is 62.4 Å². The highest BCUT2D eigenvalue weighted by molar-refractivity contribution is 7.89. The molecule has 0 aliphatic rings. The number of carbonyl (C=O) groups excluding carboxylic acids is 2. The number of carbonyl (C=O) groups is 2. The molecule has 0 spiro atoms. The van der Waals surface area contributed by atoms with Gasteiger partial charge < -0.3 is 14.5 Å². The monoisotopic (exact) mass is 450 g/mol. The maximum absolute atomic E-state index is 13.4. The zero-order chi connectivity index (χ0) is 23.2. The molecule has 1 heterocycles. The lowest BCUT2D eigenvalue weighted by Crippen LogP contribution is -2.44. The maximum atomic E-state index is 13.4. The molecule has 1 atom stereocenters. The predicted octanol–water partition coefficient (Wildman–Crippen LogP) is 3.11. The first-order chi connectivity index (χ1) is 14.7. The van der Waals surface area contributed by atoms with Gasteiger partial charge in [0.15, 0.2) is 5.78 Å². The molecule has 1 N–H and O–H groups in total. The minimum Gasteiger partial charge on any atom is -0.461 e. The number of hydrogen-bond acceptors (Lipinski definition) is 6. The number of nitrogens with one attached hydrogen (secondary N) is 1. The maximum Gasteiger partial charge on any atom is 0.355 e. The third kappa shape index (κ3) is 5.41. The van der Waals surface area contributed by atoms with Crippen LogP contribution >= 0.6 is 0 Å². The van der Waals surface area contributed by atoms with Gasteiger partial charge in [-0.3, -0.25) is 4.79 Å². The number of benzene rings is 1. The lowest BCUT2D eigenvalue weighted by molar-refractivity contribution is 0.0519. The molecular formula is C22H30N2O6S. The SMILES string of the molecule is CCOC(=O)c1[nH]c(C)c(C(=O)[C@H](C)N(CCCOC)S(=O)(=O)c2ccccc2)c1C. The van der Waals surface area contributed by atoms with Gasteiger partial charge in [-0.05, 0) is 51.8 Å². The van der Waals surface area contributed by atoms with Crippen LogP contribution < -0.4 is 0 Å². The van der Waals surface area contributed by atoms with E-state index in [1.807, 2.05) is 0 Å². The van der Waals surface area contributed by atoms with E-state index in [1.165, 1.54) is 23.5 Å². The van der Waals surface area contributed by atoms with Gasteiger partial charge in [-0.2, -0.15) is 4.31 Å². The largest absolute Gasteiger partial charge is 0.461 e. The molecule has 1 aromatic heterocycles. The Morgan fingerprint density at radius 2 is 1.81 bits per heavy atom. The van der Waals surface area contributed by atoms with Crippen molar-refractivity contribution in [3.63, 3.8) is 0 Å². The minimum atomic E-state index is -3.92. The molecule has 0 aliphatic carbocycles. The second kappa shape index (κ2) is 10.7. The Labute approximate surface area is 183 Å². The lowest BCUT2D eigenvalue weighted by atomic mass is 10.0. The Kier molecular flexibility index (Phi) is 8.55. The molecule has 0 aliphatic heterocycles. The summed E-state index contributed by atoms with van der Waals surface area (Å²) in [6, 6.07) is 7.03. The highest BCUT2D eigenvalue weighted by atomic mass is 32.2. The van der Waals surface area contributed by atoms with E-state index < -0.39 is 27.8 Å². The van der Waals surface area contributed by atoms with Crippen LogP contribution in [0.2, 0.25) is 0 Å². The molecule has 1 aromatic carbocycles. The standard InChI is InChI=1S/C22H30N2O6S/c1-6-30-22(26)20-15(2)19(16(3)23-20)21(25)17(4)24(13-10-14-29-5)31(27,28)18-11-8-7-9-12-18/h7-9,11-12,17,23H,6,10,13-14H2,1-5H3/t17-/m0/s1. The van der Waals surface area contributed by atoms with Crippen molar-refractivity contribution < 1.29 is 27.5 Å². The van der Waals surface area contributed by atoms with Gasteiger partial charge >= 0.3 is 5.97 Å². The lowest BCUT2D eigenvalue weighted by Gasteiger charge is -2.27. The van der Waals surface area contributed by atoms with Crippen LogP contribution in [0, 0.1) is 13.8 Å². The summed E-state index contributed by atoms with van der Waals surface area (Å²) in [5, 5.41) is 0. The number of Topliss-reactive ketones (excluding diaryl/α,β-unsaturated/α-hetero) is 1. The zero-order valence-electron chi connectivity index (χ0n) is 18.6. The van der Waals surface area contributed by atoms with E-state index in [9.17, 15) is 18.0 Å². The summed E-state index contributed by atoms with van der Waals surface area (Å²) < 4.78 is 37.9. The summed E-state index contributed by atoms with van der Waals surface area (Å²) in [5.74, 6) is -0.942. The van der Waals surface area contributed by atoms with Crippen LogP contribution in [0.5, 0.6) is 0 Å². The molecule has 9 heteroatoms. The second-order valence-corrected chi connectivity index (χ2v) is 9.05. The fraction of sp³-hybridized carbons (Fsp3) is 0.455. The van der Waals surface area contributed by atoms with Crippen molar-refractivity contribution in [2.75, 3.05) is 26.9 Å². The molecule has 8 nitrogen and oxygen atoms in total. The van der Waals surface area contributed by atoms with E-state index in [2.05, 4.69) is 4.98 Å². The van der Waals surface area contributed by atoms with Crippen molar-refractivity contribution in [3.8, 4) is 0 Å². The van der Waals surface area contributed by atoms with Crippen molar-refractivity contribution in [2.45, 2.75) is 45.1 Å². The quantitative estimate of drug-likeness (QED) is 0.320. The van der Waals surface area contributed by atoms with Gasteiger partial charge in [0, 0.05) is 31.5 Å². The van der Waals surface area contributed by atoms with Gasteiger partial charge in [0.2, 0.25) is 10.0 Å². The molecule has 0 saturated heterocycles. The van der Waals surface area contributed by atoms with E-state index in [4.69, 9.17) is 9.47 Å². The molecule has 31 heavy (non-hydrogen) atoms. The summed E-state index contributed by atoms with van der Waals surface area (Å²) in [7, 11) is -2.39. The number of aromatic nitrogens is 1. The molecule has 0 radical (unpaired) electrons. The summed E-state index contributed by atoms with van der Waals surface area (Å²) in [6.07, 6.45) is 0.430. The molecule has 0 bridgehead atoms. The Bertz CT molecular complexity index is 1010. The van der Waals surface area contributed by atoms with Crippen molar-refractivity contribution in [3.05, 3.63) is 52.8 Å². The van der Waals surface area contributed by atoms with Gasteiger partial charge in [0.25, 0.3) is 0 Å². The van der Waals surface area contributed by atoms with Crippen LogP contribution in [0.3, 0.4) is 0 Å². The first-order valence-electron chi connectivity index (χ1n) is 10.1. The van der Waals surface area contributed by atoms with Gasteiger partial charge in [-0.25, -0.2) is 13.2 Å². The molecule has 2 rings (SSSR count). The van der Waals surface area contributed by atoms with Gasteiger partial charge in [-0.1, -0.05) is 18.2 Å². The third-order valence-corrected chi connectivity index (χ3v) is 7.04. The number of methoxy groups -OCH3 is 1. The van der Waals surface area contributed by atoms with Crippen molar-refractivity contribution in [1.29, 1.82) is 0 Å². The van der Waals surface area contributed by atoms with E-state index in [0.29, 0.717) is 29.8 Å². The van der Waals surface area contributed by atoms with E-state index in [1.54, 1.807) is 45.9 Å². The topological polar surface area (TPSA) is 106 Å². The number of ether oxygens (including phenoxy) is 2. The number of ketones is 1. The van der Waals surface area contributed by atoms with Crippen LogP contribution in [0.15, 0.2) is 35.2 Å². The fourth-order valence-electron chi connectivity index (χ4n) is 3.48. The summed E-state index contributed by atoms with van der Waals surface area (Å²) >= 11 is 0. The third-order valence-electron chi connectivity index (χ3n) is 5.05.